The van der Waals surface area contributed by atoms with Gasteiger partial charge in [-0.1, -0.05) is 149 Å². The lowest BCUT2D eigenvalue weighted by atomic mass is 9.76. The fourth-order valence-corrected chi connectivity index (χ4v) is 8.29. The van der Waals surface area contributed by atoms with Crippen LogP contribution in [-0.4, -0.2) is 0 Å². The molecule has 0 bridgehead atoms. The van der Waals surface area contributed by atoms with E-state index >= 15 is 0 Å². The summed E-state index contributed by atoms with van der Waals surface area (Å²) in [6.07, 6.45) is 22.6. The van der Waals surface area contributed by atoms with Gasteiger partial charge in [0.1, 0.15) is 0 Å². The maximum Gasteiger partial charge on any atom is 0.0637 e. The minimum absolute atomic E-state index is 0.0402. The lowest BCUT2D eigenvalue weighted by molar-refractivity contribution is 0.528. The smallest absolute Gasteiger partial charge is 0.0637 e. The van der Waals surface area contributed by atoms with E-state index in [0.717, 1.165) is 39.4 Å². The van der Waals surface area contributed by atoms with E-state index in [1.165, 1.54) is 37.0 Å². The third-order valence-electron chi connectivity index (χ3n) is 9.40. The Morgan fingerprint density at radius 1 is 0.896 bits per heavy atom. The quantitative estimate of drug-likeness (QED) is 0.160. The molecular weight excluding hydrogens is 599 g/mol. The number of fused-ring (bicyclic) bond motifs is 5. The normalized spacial score (nSPS) is 18.4. The molecule has 48 heavy (non-hydrogen) atoms. The van der Waals surface area contributed by atoms with Gasteiger partial charge in [-0.05, 0) is 82.7 Å². The molecule has 1 nitrogen and oxygen atoms in total. The van der Waals surface area contributed by atoms with Gasteiger partial charge >= 0.3 is 0 Å². The Morgan fingerprint density at radius 2 is 1.67 bits per heavy atom. The van der Waals surface area contributed by atoms with Crippen LogP contribution in [0.1, 0.15) is 63.6 Å². The average molecular weight is 644 g/mol. The zero-order chi connectivity index (χ0) is 33.8. The van der Waals surface area contributed by atoms with Crippen molar-refractivity contribution in [2.45, 2.75) is 52.4 Å². The van der Waals surface area contributed by atoms with Crippen molar-refractivity contribution >= 4 is 61.1 Å². The van der Waals surface area contributed by atoms with E-state index in [9.17, 15) is 0 Å². The first-order chi connectivity index (χ1) is 23.2. The van der Waals surface area contributed by atoms with Gasteiger partial charge in [-0.15, -0.1) is 11.3 Å². The highest BCUT2D eigenvalue weighted by atomic mass is 32.1. The minimum Gasteiger partial charge on any atom is -0.313 e. The zero-order valence-corrected chi connectivity index (χ0v) is 29.6. The van der Waals surface area contributed by atoms with Gasteiger partial charge in [-0.25, -0.2) is 0 Å². The second-order valence-electron chi connectivity index (χ2n) is 13.3. The van der Waals surface area contributed by atoms with Crippen LogP contribution in [-0.2, 0) is 5.41 Å². The molecule has 5 aromatic rings. The van der Waals surface area contributed by atoms with Crippen LogP contribution in [0.4, 0.5) is 11.4 Å². The maximum absolute atomic E-state index is 4.25. The van der Waals surface area contributed by atoms with Gasteiger partial charge in [0, 0.05) is 32.8 Å². The Balaban J connectivity index is 1.59. The van der Waals surface area contributed by atoms with E-state index in [-0.39, 0.29) is 5.41 Å². The highest BCUT2D eigenvalue weighted by molar-refractivity contribution is 7.26. The predicted molar refractivity (Wildman–Crippen MR) is 215 cm³/mol. The topological polar surface area (TPSA) is 3.24 Å². The molecule has 1 aliphatic carbocycles. The summed E-state index contributed by atoms with van der Waals surface area (Å²) >= 11 is 1.94. The molecule has 1 aliphatic rings. The zero-order valence-electron chi connectivity index (χ0n) is 28.8. The van der Waals surface area contributed by atoms with Crippen molar-refractivity contribution in [2.24, 2.45) is 0 Å². The molecule has 0 N–H and O–H groups in total. The first-order valence-electron chi connectivity index (χ1n) is 16.8. The molecule has 0 saturated heterocycles. The molecule has 1 unspecified atom stereocenters. The molecule has 1 aromatic heterocycles. The molecular formula is C46H45NS. The van der Waals surface area contributed by atoms with Crippen molar-refractivity contribution in [1.82, 2.24) is 0 Å². The summed E-state index contributed by atoms with van der Waals surface area (Å²) in [6, 6.07) is 28.7. The molecule has 1 heterocycles. The number of thiophene rings is 1. The van der Waals surface area contributed by atoms with Gasteiger partial charge in [0.05, 0.1) is 10.4 Å². The van der Waals surface area contributed by atoms with E-state index in [4.69, 9.17) is 0 Å². The number of nitrogens with zero attached hydrogens (tertiary/aromatic N) is 1. The molecule has 0 radical (unpaired) electrons. The number of hydrogen-bond acceptors (Lipinski definition) is 2. The van der Waals surface area contributed by atoms with Crippen LogP contribution in [0.25, 0.3) is 38.4 Å². The van der Waals surface area contributed by atoms with Crippen LogP contribution in [0.5, 0.6) is 0 Å². The monoisotopic (exact) mass is 643 g/mol. The maximum atomic E-state index is 4.25. The lowest BCUT2D eigenvalue weighted by Crippen LogP contribution is -2.21. The summed E-state index contributed by atoms with van der Waals surface area (Å²) in [7, 11) is 0. The molecule has 6 rings (SSSR count). The van der Waals surface area contributed by atoms with E-state index < -0.39 is 0 Å². The molecule has 2 heteroatoms. The van der Waals surface area contributed by atoms with Crippen molar-refractivity contribution in [3.63, 3.8) is 0 Å². The predicted octanol–water partition coefficient (Wildman–Crippen LogP) is 12.0. The van der Waals surface area contributed by atoms with Crippen LogP contribution >= 0.6 is 11.3 Å². The van der Waals surface area contributed by atoms with Crippen molar-refractivity contribution < 1.29 is 0 Å². The van der Waals surface area contributed by atoms with E-state index in [0.29, 0.717) is 5.92 Å². The molecule has 4 aromatic carbocycles. The molecule has 1 atom stereocenters. The largest absolute Gasteiger partial charge is 0.313 e. The Bertz CT molecular complexity index is 2250. The lowest BCUT2D eigenvalue weighted by Gasteiger charge is -2.28. The third kappa shape index (κ3) is 6.46. The Hall–Kier alpha value is -4.92. The average Bonchev–Trinajstić information content (AvgIpc) is 3.48. The van der Waals surface area contributed by atoms with Crippen molar-refractivity contribution in [1.29, 1.82) is 0 Å². The Morgan fingerprint density at radius 3 is 2.42 bits per heavy atom. The van der Waals surface area contributed by atoms with Gasteiger partial charge in [-0.2, -0.15) is 0 Å². The van der Waals surface area contributed by atoms with Crippen LogP contribution in [0.3, 0.4) is 0 Å². The number of hydrogen-bond donors (Lipinski definition) is 0. The van der Waals surface area contributed by atoms with Crippen LogP contribution in [0.2, 0.25) is 0 Å². The molecule has 0 spiro atoms. The summed E-state index contributed by atoms with van der Waals surface area (Å²) in [6.45, 7) is 19.5. The highest BCUT2D eigenvalue weighted by Gasteiger charge is 2.28. The number of benzene rings is 4. The molecule has 0 saturated carbocycles. The SMILES string of the molecule is C=C/C=C(\C=C/C)c1ccc(N(/C(C)=C/C=c2/ccccc2=C)c2cccc3c2sc2c4c(ccc23)C(C)(C)C/C=C\C=C/C4C)cc1. The second-order valence-corrected chi connectivity index (χ2v) is 14.3. The Kier molecular flexibility index (Phi) is 9.66. The number of anilines is 2. The molecule has 0 aliphatic heterocycles. The Labute approximate surface area is 290 Å². The van der Waals surface area contributed by atoms with Gasteiger partial charge in [0.2, 0.25) is 0 Å². The summed E-state index contributed by atoms with van der Waals surface area (Å²) in [5.41, 5.74) is 8.66. The van der Waals surface area contributed by atoms with Crippen LogP contribution < -0.4 is 15.3 Å². The fraction of sp³-hybridized carbons (Fsp3) is 0.174. The molecule has 0 amide bonds. The number of allylic oxidation sites excluding steroid dienone is 11. The van der Waals surface area contributed by atoms with E-state index in [1.807, 2.05) is 30.4 Å². The van der Waals surface area contributed by atoms with Gasteiger partial charge < -0.3 is 4.90 Å². The summed E-state index contributed by atoms with van der Waals surface area (Å²) in [4.78, 5) is 2.40. The summed E-state index contributed by atoms with van der Waals surface area (Å²) in [5, 5.41) is 4.77. The van der Waals surface area contributed by atoms with E-state index in [1.54, 1.807) is 0 Å². The summed E-state index contributed by atoms with van der Waals surface area (Å²) < 4.78 is 2.69. The standard InChI is InChI=1S/C46H45NS/c1-8-16-36(17-9-2)37-25-27-38(28-26-37)47(34(5)23-24-35-20-13-12-18-32(35)3)42-22-15-21-39-40-29-30-41-43(45(40)48-44(39)42)33(4)19-11-10-14-31-46(41,6)7/h8-30,33H,1,3,31H2,2,4-7H3/b14-10-,17-9-,19-11-,34-23+,35-24-,36-16+. The third-order valence-corrected chi connectivity index (χ3v) is 10.7. The first kappa shape index (κ1) is 33.0. The van der Waals surface area contributed by atoms with Crippen molar-refractivity contribution in [2.75, 3.05) is 4.90 Å². The van der Waals surface area contributed by atoms with Crippen molar-refractivity contribution in [3.8, 4) is 0 Å². The minimum atomic E-state index is 0.0402. The molecule has 0 fully saturated rings. The first-order valence-corrected chi connectivity index (χ1v) is 17.7. The second kappa shape index (κ2) is 14.1. The highest BCUT2D eigenvalue weighted by Crippen LogP contribution is 2.48. The van der Waals surface area contributed by atoms with Crippen LogP contribution in [0.15, 0.2) is 146 Å². The summed E-state index contributed by atoms with van der Waals surface area (Å²) in [5.74, 6) is 0.305. The van der Waals surface area contributed by atoms with Gasteiger partial charge in [-0.3, -0.25) is 0 Å². The van der Waals surface area contributed by atoms with Gasteiger partial charge in [0.15, 0.2) is 0 Å². The van der Waals surface area contributed by atoms with E-state index in [2.05, 4.69) is 173 Å². The fourth-order valence-electron chi connectivity index (χ4n) is 6.84. The van der Waals surface area contributed by atoms with Gasteiger partial charge in [0.25, 0.3) is 0 Å². The molecule has 240 valence electrons. The number of rotatable bonds is 7. The van der Waals surface area contributed by atoms with Crippen molar-refractivity contribution in [3.05, 3.63) is 173 Å². The van der Waals surface area contributed by atoms with Crippen LogP contribution in [0, 0.1) is 0 Å².